The van der Waals surface area contributed by atoms with E-state index >= 15 is 0 Å². The van der Waals surface area contributed by atoms with Gasteiger partial charge in [-0.2, -0.15) is 5.10 Å². The molecule has 1 N–H and O–H groups in total. The normalized spacial score (nSPS) is 10.3. The Morgan fingerprint density at radius 3 is 2.80 bits per heavy atom. The van der Waals surface area contributed by atoms with E-state index < -0.39 is 0 Å². The van der Waals surface area contributed by atoms with Crippen molar-refractivity contribution >= 4 is 5.69 Å². The average Bonchev–Trinajstić information content (AvgIpc) is 2.63. The fourth-order valence-electron chi connectivity index (χ4n) is 1.53. The summed E-state index contributed by atoms with van der Waals surface area (Å²) in [6.45, 7) is 2.92. The van der Waals surface area contributed by atoms with E-state index in [0.29, 0.717) is 0 Å². The van der Waals surface area contributed by atoms with Gasteiger partial charge in [0.15, 0.2) is 0 Å². The van der Waals surface area contributed by atoms with Crippen LogP contribution >= 0.6 is 0 Å². The molecule has 78 valence electrons. The highest BCUT2D eigenvalue weighted by atomic mass is 15.2. The average molecular weight is 201 g/mol. The smallest absolute Gasteiger partial charge is 0.0539 e. The van der Waals surface area contributed by atoms with Gasteiger partial charge in [-0.3, -0.25) is 4.68 Å². The number of nitrogens with zero attached hydrogens (tertiary/aromatic N) is 2. The minimum absolute atomic E-state index is 0.818. The Hall–Kier alpha value is -1.77. The zero-order valence-electron chi connectivity index (χ0n) is 9.07. The van der Waals surface area contributed by atoms with Crippen LogP contribution in [0.15, 0.2) is 36.7 Å². The third-order valence-electron chi connectivity index (χ3n) is 2.39. The van der Waals surface area contributed by atoms with Gasteiger partial charge in [-0.25, -0.2) is 0 Å². The lowest BCUT2D eigenvalue weighted by Crippen LogP contribution is -1.99. The number of hydrogen-bond donors (Lipinski definition) is 1. The Labute approximate surface area is 89.7 Å². The monoisotopic (exact) mass is 201 g/mol. The molecule has 0 bridgehead atoms. The lowest BCUT2D eigenvalue weighted by Gasteiger charge is -2.07. The highest BCUT2D eigenvalue weighted by molar-refractivity contribution is 5.50. The summed E-state index contributed by atoms with van der Waals surface area (Å²) >= 11 is 0. The largest absolute Gasteiger partial charge is 0.381 e. The molecule has 3 nitrogen and oxygen atoms in total. The third-order valence-corrected chi connectivity index (χ3v) is 2.39. The molecule has 1 aromatic carbocycles. The second-order valence-corrected chi connectivity index (χ2v) is 3.69. The maximum atomic E-state index is 4.13. The molecule has 15 heavy (non-hydrogen) atoms. The summed E-state index contributed by atoms with van der Waals surface area (Å²) in [6, 6.07) is 8.28. The number of aryl methyl sites for hydroxylation is 2. The first-order chi connectivity index (χ1) is 7.25. The maximum absolute atomic E-state index is 4.13. The molecule has 1 aromatic heterocycles. The molecule has 0 spiro atoms. The first-order valence-corrected chi connectivity index (χ1v) is 5.03. The van der Waals surface area contributed by atoms with Crippen molar-refractivity contribution in [3.8, 4) is 0 Å². The topological polar surface area (TPSA) is 29.9 Å². The molecule has 0 aliphatic carbocycles. The van der Waals surface area contributed by atoms with Gasteiger partial charge in [-0.05, 0) is 18.6 Å². The SMILES string of the molecule is Cc1ccccc1NCc1cnn(C)c1. The van der Waals surface area contributed by atoms with Gasteiger partial charge in [0, 0.05) is 31.0 Å². The van der Waals surface area contributed by atoms with E-state index in [1.54, 1.807) is 0 Å². The second-order valence-electron chi connectivity index (χ2n) is 3.69. The van der Waals surface area contributed by atoms with E-state index in [1.807, 2.05) is 36.3 Å². The number of anilines is 1. The molecule has 0 aliphatic heterocycles. The van der Waals surface area contributed by atoms with Crippen LogP contribution in [0.3, 0.4) is 0 Å². The summed E-state index contributed by atoms with van der Waals surface area (Å²) in [5.41, 5.74) is 3.64. The summed E-state index contributed by atoms with van der Waals surface area (Å²) in [5, 5.41) is 7.52. The van der Waals surface area contributed by atoms with Gasteiger partial charge in [0.2, 0.25) is 0 Å². The van der Waals surface area contributed by atoms with E-state index in [-0.39, 0.29) is 0 Å². The summed E-state index contributed by atoms with van der Waals surface area (Å²) in [6.07, 6.45) is 3.90. The van der Waals surface area contributed by atoms with Crippen molar-refractivity contribution in [2.45, 2.75) is 13.5 Å². The van der Waals surface area contributed by atoms with Crippen LogP contribution in [-0.4, -0.2) is 9.78 Å². The van der Waals surface area contributed by atoms with E-state index in [1.165, 1.54) is 16.8 Å². The van der Waals surface area contributed by atoms with Gasteiger partial charge in [0.05, 0.1) is 6.20 Å². The van der Waals surface area contributed by atoms with Crippen LogP contribution in [0.1, 0.15) is 11.1 Å². The molecule has 0 saturated heterocycles. The molecule has 0 aliphatic rings. The van der Waals surface area contributed by atoms with Crippen molar-refractivity contribution in [3.05, 3.63) is 47.8 Å². The predicted octanol–water partition coefficient (Wildman–Crippen LogP) is 2.34. The van der Waals surface area contributed by atoms with Crippen LogP contribution in [0.2, 0.25) is 0 Å². The minimum atomic E-state index is 0.818. The Balaban J connectivity index is 2.02. The molecule has 0 atom stereocenters. The number of para-hydroxylation sites is 1. The van der Waals surface area contributed by atoms with Crippen molar-refractivity contribution in [2.24, 2.45) is 7.05 Å². The molecular weight excluding hydrogens is 186 g/mol. The van der Waals surface area contributed by atoms with E-state index in [0.717, 1.165) is 6.54 Å². The summed E-state index contributed by atoms with van der Waals surface area (Å²) < 4.78 is 1.81. The number of nitrogens with one attached hydrogen (secondary N) is 1. The predicted molar refractivity (Wildman–Crippen MR) is 61.7 cm³/mol. The standard InChI is InChI=1S/C12H15N3/c1-10-5-3-4-6-12(10)13-7-11-8-14-15(2)9-11/h3-6,8-9,13H,7H2,1-2H3. The second kappa shape index (κ2) is 4.17. The van der Waals surface area contributed by atoms with Crippen LogP contribution in [0.4, 0.5) is 5.69 Å². The van der Waals surface area contributed by atoms with Crippen molar-refractivity contribution < 1.29 is 0 Å². The van der Waals surface area contributed by atoms with Crippen LogP contribution in [-0.2, 0) is 13.6 Å². The third kappa shape index (κ3) is 2.37. The van der Waals surface area contributed by atoms with Gasteiger partial charge in [-0.1, -0.05) is 18.2 Å². The Morgan fingerprint density at radius 1 is 1.33 bits per heavy atom. The van der Waals surface area contributed by atoms with E-state index in [4.69, 9.17) is 0 Å². The Kier molecular flexibility index (Phi) is 2.72. The van der Waals surface area contributed by atoms with Crippen LogP contribution in [0.5, 0.6) is 0 Å². The zero-order valence-corrected chi connectivity index (χ0v) is 9.07. The zero-order chi connectivity index (χ0) is 10.7. The first kappa shape index (κ1) is 9.77. The fourth-order valence-corrected chi connectivity index (χ4v) is 1.53. The van der Waals surface area contributed by atoms with Crippen molar-refractivity contribution in [1.82, 2.24) is 9.78 Å². The first-order valence-electron chi connectivity index (χ1n) is 5.03. The summed E-state index contributed by atoms with van der Waals surface area (Å²) in [5.74, 6) is 0. The van der Waals surface area contributed by atoms with Crippen LogP contribution in [0.25, 0.3) is 0 Å². The lowest BCUT2D eigenvalue weighted by molar-refractivity contribution is 0.767. The highest BCUT2D eigenvalue weighted by Gasteiger charge is 1.98. The minimum Gasteiger partial charge on any atom is -0.381 e. The van der Waals surface area contributed by atoms with E-state index in [2.05, 4.69) is 29.5 Å². The Morgan fingerprint density at radius 2 is 2.13 bits per heavy atom. The van der Waals surface area contributed by atoms with Gasteiger partial charge in [-0.15, -0.1) is 0 Å². The van der Waals surface area contributed by atoms with Gasteiger partial charge in [0.1, 0.15) is 0 Å². The number of benzene rings is 1. The lowest BCUT2D eigenvalue weighted by atomic mass is 10.2. The van der Waals surface area contributed by atoms with Crippen molar-refractivity contribution in [2.75, 3.05) is 5.32 Å². The molecule has 0 fully saturated rings. The molecule has 3 heteroatoms. The molecule has 2 rings (SSSR count). The molecule has 0 radical (unpaired) electrons. The molecular formula is C12H15N3. The summed E-state index contributed by atoms with van der Waals surface area (Å²) in [4.78, 5) is 0. The molecule has 0 unspecified atom stereocenters. The molecule has 0 amide bonds. The highest BCUT2D eigenvalue weighted by Crippen LogP contribution is 2.14. The maximum Gasteiger partial charge on any atom is 0.0539 e. The number of rotatable bonds is 3. The molecule has 0 saturated carbocycles. The molecule has 2 aromatic rings. The summed E-state index contributed by atoms with van der Waals surface area (Å²) in [7, 11) is 1.93. The fraction of sp³-hybridized carbons (Fsp3) is 0.250. The van der Waals surface area contributed by atoms with Crippen molar-refractivity contribution in [1.29, 1.82) is 0 Å². The van der Waals surface area contributed by atoms with Crippen LogP contribution in [0, 0.1) is 6.92 Å². The van der Waals surface area contributed by atoms with Crippen molar-refractivity contribution in [3.63, 3.8) is 0 Å². The van der Waals surface area contributed by atoms with Crippen LogP contribution < -0.4 is 5.32 Å². The van der Waals surface area contributed by atoms with E-state index in [9.17, 15) is 0 Å². The number of hydrogen-bond acceptors (Lipinski definition) is 2. The number of aromatic nitrogens is 2. The molecule has 1 heterocycles. The Bertz CT molecular complexity index is 446. The van der Waals surface area contributed by atoms with Gasteiger partial charge in [0.25, 0.3) is 0 Å². The van der Waals surface area contributed by atoms with Gasteiger partial charge < -0.3 is 5.32 Å². The quantitative estimate of drug-likeness (QED) is 0.826. The van der Waals surface area contributed by atoms with Gasteiger partial charge >= 0.3 is 0 Å².